The van der Waals surface area contributed by atoms with Crippen molar-refractivity contribution >= 4 is 60.7 Å². The summed E-state index contributed by atoms with van der Waals surface area (Å²) in [5.41, 5.74) is 15.8. The van der Waals surface area contributed by atoms with Gasteiger partial charge in [-0.2, -0.15) is 0 Å². The lowest BCUT2D eigenvalue weighted by atomic mass is 9.82. The molecule has 0 spiro atoms. The maximum Gasteiger partial charge on any atom is 0.0548 e. The van der Waals surface area contributed by atoms with E-state index in [1.54, 1.807) is 0 Å². The van der Waals surface area contributed by atoms with Crippen molar-refractivity contribution in [1.29, 1.82) is 0 Å². The molecule has 3 nitrogen and oxygen atoms in total. The number of para-hydroxylation sites is 5. The summed E-state index contributed by atoms with van der Waals surface area (Å²) < 4.78 is 4.90. The summed E-state index contributed by atoms with van der Waals surface area (Å²) in [5, 5.41) is 5.03. The number of aromatic nitrogens is 2. The minimum Gasteiger partial charge on any atom is -0.310 e. The van der Waals surface area contributed by atoms with Crippen LogP contribution in [-0.4, -0.2) is 9.13 Å². The smallest absolute Gasteiger partial charge is 0.0548 e. The highest BCUT2D eigenvalue weighted by atomic mass is 15.1. The number of hydrogen-bond donors (Lipinski definition) is 0. The first-order valence-corrected chi connectivity index (χ1v) is 18.8. The van der Waals surface area contributed by atoms with E-state index in [2.05, 4.69) is 216 Å². The highest BCUT2D eigenvalue weighted by Gasteiger charge is 2.36. The van der Waals surface area contributed by atoms with Crippen molar-refractivity contribution < 1.29 is 0 Å². The number of benzene rings is 8. The van der Waals surface area contributed by atoms with Crippen LogP contribution in [0.25, 0.3) is 66.1 Å². The van der Waals surface area contributed by atoms with Gasteiger partial charge in [-0.1, -0.05) is 117 Å². The Kier molecular flexibility index (Phi) is 6.60. The second kappa shape index (κ2) is 11.6. The molecule has 54 heavy (non-hydrogen) atoms. The van der Waals surface area contributed by atoms with Gasteiger partial charge in [0, 0.05) is 55.4 Å². The molecule has 11 rings (SSSR count). The molecule has 0 atom stereocenters. The van der Waals surface area contributed by atoms with Crippen molar-refractivity contribution in [2.45, 2.75) is 19.3 Å². The zero-order valence-electron chi connectivity index (χ0n) is 30.2. The third-order valence-corrected chi connectivity index (χ3v) is 11.7. The first-order valence-electron chi connectivity index (χ1n) is 18.8. The number of nitrogens with zero attached hydrogens (tertiary/aromatic N) is 3. The number of rotatable bonds is 5. The summed E-state index contributed by atoms with van der Waals surface area (Å²) in [6.07, 6.45) is 0. The van der Waals surface area contributed by atoms with E-state index in [0.29, 0.717) is 0 Å². The van der Waals surface area contributed by atoms with Gasteiger partial charge in [-0.15, -0.1) is 0 Å². The van der Waals surface area contributed by atoms with Gasteiger partial charge in [-0.05, 0) is 107 Å². The van der Waals surface area contributed by atoms with Crippen LogP contribution in [-0.2, 0) is 5.41 Å². The second-order valence-corrected chi connectivity index (χ2v) is 15.0. The van der Waals surface area contributed by atoms with Crippen molar-refractivity contribution in [2.75, 3.05) is 4.90 Å². The molecule has 2 heterocycles. The van der Waals surface area contributed by atoms with Crippen LogP contribution in [0.5, 0.6) is 0 Å². The predicted octanol–water partition coefficient (Wildman–Crippen LogP) is 13.7. The number of anilines is 3. The lowest BCUT2D eigenvalue weighted by molar-refractivity contribution is 0.660. The topological polar surface area (TPSA) is 13.1 Å². The second-order valence-electron chi connectivity index (χ2n) is 15.0. The third kappa shape index (κ3) is 4.42. The standard InChI is InChI=1S/C51H37N3/c1-51(2)45-30-37(52(34-16-6-3-7-17-34)35-18-8-4-9-19-35)26-28-39(45)40-29-27-38(31-46(40)51)54-48-25-15-13-23-42(48)44-32-49-43(33-50(44)54)41-22-12-14-24-47(41)53(49)36-20-10-5-11-21-36/h3-33H,1-2H3. The predicted molar refractivity (Wildman–Crippen MR) is 227 cm³/mol. The highest BCUT2D eigenvalue weighted by molar-refractivity contribution is 6.19. The molecule has 0 radical (unpaired) electrons. The maximum absolute atomic E-state index is 2.48. The Balaban J connectivity index is 1.10. The van der Waals surface area contributed by atoms with Crippen molar-refractivity contribution in [2.24, 2.45) is 0 Å². The van der Waals surface area contributed by atoms with Gasteiger partial charge in [0.05, 0.1) is 22.1 Å². The van der Waals surface area contributed by atoms with Crippen molar-refractivity contribution in [3.63, 3.8) is 0 Å². The summed E-state index contributed by atoms with van der Waals surface area (Å²) in [7, 11) is 0. The van der Waals surface area contributed by atoms with E-state index in [0.717, 1.165) is 17.1 Å². The fraction of sp³-hybridized carbons (Fsp3) is 0.0588. The van der Waals surface area contributed by atoms with Crippen LogP contribution in [0.1, 0.15) is 25.0 Å². The van der Waals surface area contributed by atoms with Gasteiger partial charge in [0.1, 0.15) is 0 Å². The molecule has 0 unspecified atom stereocenters. The van der Waals surface area contributed by atoms with Gasteiger partial charge in [0.25, 0.3) is 0 Å². The molecular weight excluding hydrogens is 655 g/mol. The fourth-order valence-corrected chi connectivity index (χ4v) is 9.16. The molecule has 0 N–H and O–H groups in total. The summed E-state index contributed by atoms with van der Waals surface area (Å²) in [4.78, 5) is 2.36. The lowest BCUT2D eigenvalue weighted by Gasteiger charge is -2.28. The minimum absolute atomic E-state index is 0.204. The molecule has 1 aliphatic carbocycles. The number of fused-ring (bicyclic) bond motifs is 9. The van der Waals surface area contributed by atoms with Gasteiger partial charge < -0.3 is 14.0 Å². The average molecular weight is 692 g/mol. The molecule has 10 aromatic rings. The molecule has 0 fully saturated rings. The monoisotopic (exact) mass is 691 g/mol. The SMILES string of the molecule is CC1(C)c2cc(N(c3ccccc3)c3ccccc3)ccc2-c2ccc(-n3c4ccccc4c4cc5c(cc43)c3ccccc3n5-c3ccccc3)cc21. The number of hydrogen-bond acceptors (Lipinski definition) is 1. The molecule has 8 aromatic carbocycles. The zero-order chi connectivity index (χ0) is 36.0. The highest BCUT2D eigenvalue weighted by Crippen LogP contribution is 2.52. The summed E-state index contributed by atoms with van der Waals surface area (Å²) >= 11 is 0. The molecule has 0 amide bonds. The van der Waals surface area contributed by atoms with E-state index < -0.39 is 0 Å². The van der Waals surface area contributed by atoms with Crippen LogP contribution in [0.4, 0.5) is 17.1 Å². The first-order chi connectivity index (χ1) is 26.6. The summed E-state index contributed by atoms with van der Waals surface area (Å²) in [5.74, 6) is 0. The quantitative estimate of drug-likeness (QED) is 0.175. The van der Waals surface area contributed by atoms with Crippen molar-refractivity contribution in [3.8, 4) is 22.5 Å². The van der Waals surface area contributed by atoms with Crippen LogP contribution in [0.3, 0.4) is 0 Å². The van der Waals surface area contributed by atoms with E-state index in [4.69, 9.17) is 0 Å². The van der Waals surface area contributed by atoms with Crippen LogP contribution >= 0.6 is 0 Å². The Morgan fingerprint density at radius 3 is 1.39 bits per heavy atom. The van der Waals surface area contributed by atoms with E-state index in [1.807, 2.05) is 0 Å². The van der Waals surface area contributed by atoms with Crippen LogP contribution in [0.15, 0.2) is 188 Å². The molecule has 1 aliphatic rings. The third-order valence-electron chi connectivity index (χ3n) is 11.7. The normalized spacial score (nSPS) is 13.1. The van der Waals surface area contributed by atoms with Gasteiger partial charge in [-0.25, -0.2) is 0 Å². The van der Waals surface area contributed by atoms with Crippen LogP contribution in [0.2, 0.25) is 0 Å². The lowest BCUT2D eigenvalue weighted by Crippen LogP contribution is -2.17. The van der Waals surface area contributed by atoms with Gasteiger partial charge in [-0.3, -0.25) is 0 Å². The first kappa shape index (κ1) is 30.8. The molecule has 3 heteroatoms. The van der Waals surface area contributed by atoms with Gasteiger partial charge in [0.2, 0.25) is 0 Å². The Morgan fingerprint density at radius 1 is 0.352 bits per heavy atom. The molecule has 256 valence electrons. The zero-order valence-corrected chi connectivity index (χ0v) is 30.2. The van der Waals surface area contributed by atoms with Crippen molar-refractivity contribution in [1.82, 2.24) is 9.13 Å². The minimum atomic E-state index is -0.204. The molecular formula is C51H37N3. The Morgan fingerprint density at radius 2 is 0.815 bits per heavy atom. The molecule has 0 saturated carbocycles. The Hall–Kier alpha value is -6.84. The van der Waals surface area contributed by atoms with Gasteiger partial charge in [0.15, 0.2) is 0 Å². The van der Waals surface area contributed by atoms with Crippen LogP contribution in [0, 0.1) is 0 Å². The molecule has 0 saturated heterocycles. The molecule has 2 aromatic heterocycles. The Labute approximate surface area is 314 Å². The van der Waals surface area contributed by atoms with E-state index in [9.17, 15) is 0 Å². The van der Waals surface area contributed by atoms with E-state index >= 15 is 0 Å². The molecule has 0 aliphatic heterocycles. The summed E-state index contributed by atoms with van der Waals surface area (Å²) in [6.45, 7) is 4.77. The average Bonchev–Trinajstić information content (AvgIpc) is 3.80. The van der Waals surface area contributed by atoms with Gasteiger partial charge >= 0.3 is 0 Å². The van der Waals surface area contributed by atoms with Crippen LogP contribution < -0.4 is 4.90 Å². The summed E-state index contributed by atoms with van der Waals surface area (Å²) in [6, 6.07) is 68.7. The van der Waals surface area contributed by atoms with E-state index in [1.165, 1.54) is 77.2 Å². The fourth-order valence-electron chi connectivity index (χ4n) is 9.16. The maximum atomic E-state index is 2.48. The Bertz CT molecular complexity index is 3020. The van der Waals surface area contributed by atoms with Crippen molar-refractivity contribution in [3.05, 3.63) is 199 Å². The molecule has 0 bridgehead atoms. The largest absolute Gasteiger partial charge is 0.310 e. The van der Waals surface area contributed by atoms with E-state index in [-0.39, 0.29) is 5.41 Å².